The van der Waals surface area contributed by atoms with Gasteiger partial charge < -0.3 is 25.1 Å². The Morgan fingerprint density at radius 2 is 2.24 bits per heavy atom. The van der Waals surface area contributed by atoms with E-state index < -0.39 is 0 Å². The van der Waals surface area contributed by atoms with Crippen molar-refractivity contribution in [2.24, 2.45) is 5.73 Å². The van der Waals surface area contributed by atoms with E-state index >= 15 is 0 Å². The van der Waals surface area contributed by atoms with Gasteiger partial charge in [0.15, 0.2) is 11.5 Å². The molecule has 2 rings (SSSR count). The molecule has 1 atom stereocenters. The van der Waals surface area contributed by atoms with Crippen molar-refractivity contribution in [3.05, 3.63) is 17.7 Å². The van der Waals surface area contributed by atoms with Gasteiger partial charge in [-0.2, -0.15) is 0 Å². The molecule has 0 amide bonds. The van der Waals surface area contributed by atoms with Crippen molar-refractivity contribution in [1.29, 1.82) is 0 Å². The number of hydrogen-bond acceptors (Lipinski definition) is 5. The van der Waals surface area contributed by atoms with Crippen LogP contribution in [-0.4, -0.2) is 25.6 Å². The topological polar surface area (TPSA) is 73.9 Å². The van der Waals surface area contributed by atoms with Gasteiger partial charge in [-0.3, -0.25) is 0 Å². The van der Waals surface area contributed by atoms with Crippen LogP contribution in [0, 0.1) is 0 Å². The number of nitrogens with two attached hydrogens (primary N) is 1. The van der Waals surface area contributed by atoms with Crippen LogP contribution in [0.5, 0.6) is 17.2 Å². The number of aliphatic hydroxyl groups is 1. The van der Waals surface area contributed by atoms with Gasteiger partial charge in [-0.05, 0) is 24.1 Å². The second-order valence-electron chi connectivity index (χ2n) is 3.58. The van der Waals surface area contributed by atoms with Crippen LogP contribution in [0.25, 0.3) is 0 Å². The van der Waals surface area contributed by atoms with E-state index in [4.69, 9.17) is 25.1 Å². The fraction of sp³-hybridized carbons (Fsp3) is 0.455. The van der Waals surface area contributed by atoms with Crippen molar-refractivity contribution in [1.82, 2.24) is 0 Å². The van der Waals surface area contributed by atoms with Gasteiger partial charge in [0.25, 0.3) is 0 Å². The molecule has 0 fully saturated rings. The summed E-state index contributed by atoms with van der Waals surface area (Å²) < 4.78 is 15.8. The summed E-state index contributed by atoms with van der Waals surface area (Å²) in [6.45, 7) is 0.252. The molecule has 1 aromatic carbocycles. The number of benzene rings is 1. The zero-order chi connectivity index (χ0) is 11.5. The van der Waals surface area contributed by atoms with Gasteiger partial charge in [-0.1, -0.05) is 0 Å². The van der Waals surface area contributed by atoms with Crippen LogP contribution < -0.4 is 19.9 Å². The van der Waals surface area contributed by atoms with Crippen LogP contribution in [0.1, 0.15) is 18.0 Å². The number of halogens is 1. The summed E-state index contributed by atoms with van der Waals surface area (Å²) >= 11 is 0. The quantitative estimate of drug-likeness (QED) is 0.853. The second kappa shape index (κ2) is 5.95. The third kappa shape index (κ3) is 2.74. The number of hydrogen-bond donors (Lipinski definition) is 2. The molecule has 0 unspecified atom stereocenters. The SMILES string of the molecule is COc1cc([C@@H](N)CCO)cc2c1OCO2.Cl. The molecule has 17 heavy (non-hydrogen) atoms. The van der Waals surface area contributed by atoms with Gasteiger partial charge in [0.1, 0.15) is 0 Å². The molecule has 0 aromatic heterocycles. The predicted octanol–water partition coefficient (Wildman–Crippen LogP) is 1.23. The molecule has 0 spiro atoms. The highest BCUT2D eigenvalue weighted by Gasteiger charge is 2.21. The lowest BCUT2D eigenvalue weighted by Gasteiger charge is -2.13. The average Bonchev–Trinajstić information content (AvgIpc) is 2.75. The maximum atomic E-state index is 8.85. The standard InChI is InChI=1S/C11H15NO4.ClH/c1-14-9-4-7(8(12)2-3-13)5-10-11(9)16-6-15-10;/h4-5,8,13H,2-3,6,12H2,1H3;1H/t8-;/m0./s1. The molecule has 0 aliphatic carbocycles. The van der Waals surface area contributed by atoms with Crippen LogP contribution in [0.4, 0.5) is 0 Å². The highest BCUT2D eigenvalue weighted by Crippen LogP contribution is 2.42. The molecule has 0 saturated heterocycles. The molecule has 1 aliphatic heterocycles. The molecule has 1 heterocycles. The third-order valence-corrected chi connectivity index (χ3v) is 2.55. The molecule has 96 valence electrons. The monoisotopic (exact) mass is 261 g/mol. The number of rotatable bonds is 4. The Morgan fingerprint density at radius 1 is 1.47 bits per heavy atom. The first kappa shape index (κ1) is 13.9. The molecule has 6 heteroatoms. The van der Waals surface area contributed by atoms with Crippen LogP contribution in [-0.2, 0) is 0 Å². The Hall–Kier alpha value is -1.17. The number of ether oxygens (including phenoxy) is 3. The van der Waals surface area contributed by atoms with E-state index in [2.05, 4.69) is 0 Å². The zero-order valence-electron chi connectivity index (χ0n) is 9.51. The number of fused-ring (bicyclic) bond motifs is 1. The van der Waals surface area contributed by atoms with Gasteiger partial charge >= 0.3 is 0 Å². The highest BCUT2D eigenvalue weighted by molar-refractivity contribution is 5.85. The number of aliphatic hydroxyl groups excluding tert-OH is 1. The van der Waals surface area contributed by atoms with Crippen molar-refractivity contribution < 1.29 is 19.3 Å². The lowest BCUT2D eigenvalue weighted by molar-refractivity contribution is 0.171. The summed E-state index contributed by atoms with van der Waals surface area (Å²) in [6, 6.07) is 3.41. The zero-order valence-corrected chi connectivity index (χ0v) is 10.3. The lowest BCUT2D eigenvalue weighted by Crippen LogP contribution is -2.12. The Morgan fingerprint density at radius 3 is 2.88 bits per heavy atom. The highest BCUT2D eigenvalue weighted by atomic mass is 35.5. The first-order valence-corrected chi connectivity index (χ1v) is 5.10. The lowest BCUT2D eigenvalue weighted by atomic mass is 10.0. The van der Waals surface area contributed by atoms with Gasteiger partial charge in [0.05, 0.1) is 7.11 Å². The fourth-order valence-electron chi connectivity index (χ4n) is 1.67. The largest absolute Gasteiger partial charge is 0.493 e. The smallest absolute Gasteiger partial charge is 0.231 e. The summed E-state index contributed by atoms with van der Waals surface area (Å²) in [4.78, 5) is 0. The molecule has 0 bridgehead atoms. The Kier molecular flexibility index (Phi) is 4.86. The van der Waals surface area contributed by atoms with Crippen LogP contribution >= 0.6 is 12.4 Å². The maximum absolute atomic E-state index is 8.85. The first-order chi connectivity index (χ1) is 7.76. The summed E-state index contributed by atoms with van der Waals surface area (Å²) in [7, 11) is 1.57. The molecule has 0 saturated carbocycles. The van der Waals surface area contributed by atoms with E-state index in [9.17, 15) is 0 Å². The number of methoxy groups -OCH3 is 1. The van der Waals surface area contributed by atoms with Gasteiger partial charge in [-0.15, -0.1) is 12.4 Å². The molecule has 3 N–H and O–H groups in total. The fourth-order valence-corrected chi connectivity index (χ4v) is 1.67. The average molecular weight is 262 g/mol. The summed E-state index contributed by atoms with van der Waals surface area (Å²) in [5, 5.41) is 8.85. The van der Waals surface area contributed by atoms with Gasteiger partial charge in [0, 0.05) is 12.6 Å². The van der Waals surface area contributed by atoms with Gasteiger partial charge in [-0.25, -0.2) is 0 Å². The van der Waals surface area contributed by atoms with E-state index in [1.54, 1.807) is 7.11 Å². The molecule has 1 aromatic rings. The normalized spacial score (nSPS) is 14.1. The summed E-state index contributed by atoms with van der Waals surface area (Å²) in [6.07, 6.45) is 0.503. The molecule has 0 radical (unpaired) electrons. The van der Waals surface area contributed by atoms with Crippen LogP contribution in [0.15, 0.2) is 12.1 Å². The van der Waals surface area contributed by atoms with Crippen molar-refractivity contribution in [3.8, 4) is 17.2 Å². The van der Waals surface area contributed by atoms with Crippen LogP contribution in [0.2, 0.25) is 0 Å². The van der Waals surface area contributed by atoms with Crippen molar-refractivity contribution in [2.45, 2.75) is 12.5 Å². The molecule has 5 nitrogen and oxygen atoms in total. The molecular weight excluding hydrogens is 246 g/mol. The van der Waals surface area contributed by atoms with Crippen molar-refractivity contribution >= 4 is 12.4 Å². The van der Waals surface area contributed by atoms with E-state index in [1.807, 2.05) is 12.1 Å². The van der Waals surface area contributed by atoms with Gasteiger partial charge in [0.2, 0.25) is 12.5 Å². The minimum absolute atomic E-state index is 0. The van der Waals surface area contributed by atoms with Crippen molar-refractivity contribution in [2.75, 3.05) is 20.5 Å². The van der Waals surface area contributed by atoms with E-state index in [0.29, 0.717) is 23.7 Å². The van der Waals surface area contributed by atoms with E-state index in [0.717, 1.165) is 5.56 Å². The first-order valence-electron chi connectivity index (χ1n) is 5.10. The third-order valence-electron chi connectivity index (χ3n) is 2.55. The minimum atomic E-state index is -0.228. The maximum Gasteiger partial charge on any atom is 0.231 e. The van der Waals surface area contributed by atoms with Crippen LogP contribution in [0.3, 0.4) is 0 Å². The van der Waals surface area contributed by atoms with E-state index in [1.165, 1.54) is 0 Å². The van der Waals surface area contributed by atoms with Crippen molar-refractivity contribution in [3.63, 3.8) is 0 Å². The minimum Gasteiger partial charge on any atom is -0.493 e. The summed E-state index contributed by atoms with van der Waals surface area (Å²) in [5.41, 5.74) is 6.78. The molecule has 1 aliphatic rings. The Bertz CT molecular complexity index is 386. The predicted molar refractivity (Wildman–Crippen MR) is 65.0 cm³/mol. The Balaban J connectivity index is 0.00000144. The molecular formula is C11H16ClNO4. The summed E-state index contributed by atoms with van der Waals surface area (Å²) in [5.74, 6) is 1.86. The second-order valence-corrected chi connectivity index (χ2v) is 3.58. The van der Waals surface area contributed by atoms with E-state index in [-0.39, 0.29) is 31.8 Å². The Labute approximate surface area is 106 Å².